The Morgan fingerprint density at radius 2 is 2.00 bits per heavy atom. The number of hydrogen-bond acceptors (Lipinski definition) is 2. The van der Waals surface area contributed by atoms with E-state index in [9.17, 15) is 4.79 Å². The van der Waals surface area contributed by atoms with E-state index in [0.29, 0.717) is 11.3 Å². The van der Waals surface area contributed by atoms with Gasteiger partial charge in [0.2, 0.25) is 0 Å². The SMILES string of the molecule is [2H]CC1=C(c2ccccc2)C(=O)N=N1. The minimum absolute atomic E-state index is 0.0144. The van der Waals surface area contributed by atoms with E-state index in [2.05, 4.69) is 10.2 Å². The molecule has 1 aromatic carbocycles. The summed E-state index contributed by atoms with van der Waals surface area (Å²) in [6, 6.07) is 9.20. The van der Waals surface area contributed by atoms with Crippen LogP contribution in [0.25, 0.3) is 5.57 Å². The van der Waals surface area contributed by atoms with Gasteiger partial charge < -0.3 is 0 Å². The molecule has 13 heavy (non-hydrogen) atoms. The van der Waals surface area contributed by atoms with Crippen LogP contribution in [0, 0.1) is 0 Å². The van der Waals surface area contributed by atoms with Gasteiger partial charge in [0.1, 0.15) is 0 Å². The van der Waals surface area contributed by atoms with E-state index in [4.69, 9.17) is 1.37 Å². The third-order valence-electron chi connectivity index (χ3n) is 1.83. The molecule has 3 heteroatoms. The molecule has 3 nitrogen and oxygen atoms in total. The van der Waals surface area contributed by atoms with Crippen LogP contribution in [0.4, 0.5) is 0 Å². The van der Waals surface area contributed by atoms with Gasteiger partial charge in [-0.25, -0.2) is 0 Å². The smallest absolute Gasteiger partial charge is 0.265 e. The summed E-state index contributed by atoms with van der Waals surface area (Å²) in [7, 11) is 0. The quantitative estimate of drug-likeness (QED) is 0.642. The van der Waals surface area contributed by atoms with Crippen LogP contribution in [0.5, 0.6) is 0 Å². The zero-order valence-electron chi connectivity index (χ0n) is 7.90. The van der Waals surface area contributed by atoms with E-state index >= 15 is 0 Å². The van der Waals surface area contributed by atoms with Crippen LogP contribution < -0.4 is 0 Å². The van der Waals surface area contributed by atoms with E-state index in [1.54, 1.807) is 0 Å². The average molecular weight is 173 g/mol. The largest absolute Gasteiger partial charge is 0.297 e. The first kappa shape index (κ1) is 6.71. The van der Waals surface area contributed by atoms with Crippen molar-refractivity contribution in [2.75, 3.05) is 0 Å². The summed E-state index contributed by atoms with van der Waals surface area (Å²) in [5.41, 5.74) is 1.69. The summed E-state index contributed by atoms with van der Waals surface area (Å²) >= 11 is 0. The maximum absolute atomic E-state index is 11.3. The van der Waals surface area contributed by atoms with Crippen molar-refractivity contribution < 1.29 is 6.17 Å². The second-order valence-electron chi connectivity index (χ2n) is 2.69. The van der Waals surface area contributed by atoms with E-state index < -0.39 is 0 Å². The number of carbonyl (C=O) groups excluding carboxylic acids is 1. The predicted octanol–water partition coefficient (Wildman–Crippen LogP) is 2.41. The average Bonchev–Trinajstić information content (AvgIpc) is 2.61. The Labute approximate surface area is 77.2 Å². The first-order chi connectivity index (χ1) is 6.83. The van der Waals surface area contributed by atoms with E-state index in [1.165, 1.54) is 0 Å². The highest BCUT2D eigenvalue weighted by Gasteiger charge is 2.19. The van der Waals surface area contributed by atoms with Crippen molar-refractivity contribution in [1.82, 2.24) is 0 Å². The molecule has 0 saturated heterocycles. The van der Waals surface area contributed by atoms with Gasteiger partial charge in [-0.3, -0.25) is 4.79 Å². The molecule has 0 atom stereocenters. The number of allylic oxidation sites excluding steroid dienone is 1. The van der Waals surface area contributed by atoms with Crippen LogP contribution in [-0.4, -0.2) is 5.91 Å². The van der Waals surface area contributed by atoms with Crippen LogP contribution in [0.1, 0.15) is 13.8 Å². The molecule has 1 heterocycles. The van der Waals surface area contributed by atoms with Gasteiger partial charge in [-0.15, -0.1) is 5.11 Å². The van der Waals surface area contributed by atoms with Crippen molar-refractivity contribution in [3.63, 3.8) is 0 Å². The Hall–Kier alpha value is -1.77. The van der Waals surface area contributed by atoms with Crippen molar-refractivity contribution in [1.29, 1.82) is 0 Å². The molecule has 0 saturated carbocycles. The first-order valence-electron chi connectivity index (χ1n) is 4.57. The number of rotatable bonds is 1. The molecule has 64 valence electrons. The fourth-order valence-electron chi connectivity index (χ4n) is 1.22. The summed E-state index contributed by atoms with van der Waals surface area (Å²) in [5.74, 6) is -0.349. The molecule has 1 aliphatic heterocycles. The Bertz CT molecular complexity index is 423. The molecule has 0 unspecified atom stereocenters. The highest BCUT2D eigenvalue weighted by molar-refractivity contribution is 6.21. The predicted molar refractivity (Wildman–Crippen MR) is 48.9 cm³/mol. The number of nitrogens with zero attached hydrogens (tertiary/aromatic N) is 2. The Balaban J connectivity index is 2.49. The Kier molecular flexibility index (Phi) is 1.52. The molecule has 0 fully saturated rings. The zero-order valence-corrected chi connectivity index (χ0v) is 6.90. The maximum atomic E-state index is 11.3. The third-order valence-corrected chi connectivity index (χ3v) is 1.83. The molecule has 1 amide bonds. The monoisotopic (exact) mass is 173 g/mol. The number of hydrogen-bond donors (Lipinski definition) is 0. The fraction of sp³-hybridized carbons (Fsp3) is 0.100. The second-order valence-corrected chi connectivity index (χ2v) is 2.69. The van der Waals surface area contributed by atoms with E-state index in [1.807, 2.05) is 30.3 Å². The Morgan fingerprint density at radius 1 is 1.23 bits per heavy atom. The fourth-order valence-corrected chi connectivity index (χ4v) is 1.22. The minimum atomic E-state index is -0.349. The summed E-state index contributed by atoms with van der Waals surface area (Å²) in [5, 5.41) is 7.10. The molecule has 1 aromatic rings. The van der Waals surface area contributed by atoms with Gasteiger partial charge in [0.05, 0.1) is 11.3 Å². The van der Waals surface area contributed by atoms with Crippen molar-refractivity contribution in [2.24, 2.45) is 10.2 Å². The van der Waals surface area contributed by atoms with Gasteiger partial charge in [0, 0.05) is 1.37 Å². The lowest BCUT2D eigenvalue weighted by Crippen LogP contribution is -1.94. The molecule has 1 aliphatic rings. The van der Waals surface area contributed by atoms with Crippen molar-refractivity contribution in [2.45, 2.75) is 6.90 Å². The van der Waals surface area contributed by atoms with Gasteiger partial charge in [-0.2, -0.15) is 5.11 Å². The van der Waals surface area contributed by atoms with Crippen LogP contribution in [0.3, 0.4) is 0 Å². The molecule has 0 radical (unpaired) electrons. The van der Waals surface area contributed by atoms with E-state index in [0.717, 1.165) is 5.56 Å². The molecule has 0 spiro atoms. The summed E-state index contributed by atoms with van der Waals surface area (Å²) in [6.45, 7) is -0.0144. The van der Waals surface area contributed by atoms with Crippen molar-refractivity contribution in [3.05, 3.63) is 41.6 Å². The van der Waals surface area contributed by atoms with Gasteiger partial charge in [-0.1, -0.05) is 30.3 Å². The maximum Gasteiger partial charge on any atom is 0.297 e. The number of carbonyl (C=O) groups is 1. The summed E-state index contributed by atoms with van der Waals surface area (Å²) in [4.78, 5) is 11.3. The van der Waals surface area contributed by atoms with Gasteiger partial charge in [0.25, 0.3) is 5.91 Å². The summed E-state index contributed by atoms with van der Waals surface area (Å²) in [6.07, 6.45) is 0. The number of amides is 1. The standard InChI is InChI=1S/C10H8N2O/c1-7-9(10(13)12-11-7)8-5-3-2-4-6-8/h2-6H,1H3/i1D. The van der Waals surface area contributed by atoms with Crippen molar-refractivity contribution in [3.8, 4) is 0 Å². The second kappa shape index (κ2) is 2.94. The molecule has 0 aromatic heterocycles. The lowest BCUT2D eigenvalue weighted by atomic mass is 10.0. The van der Waals surface area contributed by atoms with Gasteiger partial charge in [0.15, 0.2) is 0 Å². The van der Waals surface area contributed by atoms with Gasteiger partial charge in [-0.05, 0) is 12.5 Å². The van der Waals surface area contributed by atoms with Gasteiger partial charge >= 0.3 is 0 Å². The molecule has 0 N–H and O–H groups in total. The van der Waals surface area contributed by atoms with Crippen LogP contribution >= 0.6 is 0 Å². The van der Waals surface area contributed by atoms with Crippen LogP contribution in [0.2, 0.25) is 0 Å². The molecule has 0 aliphatic carbocycles. The molecule has 0 bridgehead atoms. The normalized spacial score (nSPS) is 16.6. The molecular formula is C10H8N2O. The topological polar surface area (TPSA) is 41.8 Å². The first-order valence-corrected chi connectivity index (χ1v) is 3.87. The van der Waals surface area contributed by atoms with E-state index in [-0.39, 0.29) is 12.8 Å². The zero-order chi connectivity index (χ0) is 9.97. The highest BCUT2D eigenvalue weighted by Crippen LogP contribution is 2.25. The lowest BCUT2D eigenvalue weighted by molar-refractivity contribution is -0.112. The summed E-state index contributed by atoms with van der Waals surface area (Å²) < 4.78 is 7.21. The number of azo groups is 1. The van der Waals surface area contributed by atoms with Crippen LogP contribution in [0.15, 0.2) is 46.3 Å². The molecular weight excluding hydrogens is 164 g/mol. The molecule has 2 rings (SSSR count). The van der Waals surface area contributed by atoms with Crippen molar-refractivity contribution >= 4 is 11.5 Å². The van der Waals surface area contributed by atoms with Crippen LogP contribution in [-0.2, 0) is 4.79 Å². The Morgan fingerprint density at radius 3 is 2.69 bits per heavy atom. The minimum Gasteiger partial charge on any atom is -0.265 e. The number of benzene rings is 1. The highest BCUT2D eigenvalue weighted by atomic mass is 16.2. The lowest BCUT2D eigenvalue weighted by Gasteiger charge is -1.98. The third kappa shape index (κ3) is 1.28.